The van der Waals surface area contributed by atoms with Gasteiger partial charge in [-0.25, -0.2) is 0 Å². The molecule has 0 radical (unpaired) electrons. The van der Waals surface area contributed by atoms with Gasteiger partial charge in [0.15, 0.2) is 0 Å². The van der Waals surface area contributed by atoms with Gasteiger partial charge in [-0.05, 0) is 33.6 Å². The first kappa shape index (κ1) is 13.7. The lowest BCUT2D eigenvalue weighted by Crippen LogP contribution is -2.18. The van der Waals surface area contributed by atoms with Crippen LogP contribution in [0.2, 0.25) is 5.02 Å². The molecule has 0 atom stereocenters. The minimum Gasteiger partial charge on any atom is -0.383 e. The van der Waals surface area contributed by atoms with Crippen molar-refractivity contribution in [1.82, 2.24) is 5.32 Å². The molecule has 1 aromatic carbocycles. The van der Waals surface area contributed by atoms with E-state index in [1.54, 1.807) is 7.11 Å². The summed E-state index contributed by atoms with van der Waals surface area (Å²) < 4.78 is 5.85. The van der Waals surface area contributed by atoms with Crippen molar-refractivity contribution in [2.75, 3.05) is 26.8 Å². The van der Waals surface area contributed by atoms with E-state index >= 15 is 0 Å². The maximum absolute atomic E-state index is 5.98. The zero-order chi connectivity index (χ0) is 11.8. The zero-order valence-electron chi connectivity index (χ0n) is 9.17. The second-order valence-electron chi connectivity index (χ2n) is 3.27. The maximum atomic E-state index is 5.98. The number of rotatable bonds is 6. The monoisotopic (exact) mass is 303 g/mol. The lowest BCUT2D eigenvalue weighted by Gasteiger charge is -2.00. The van der Waals surface area contributed by atoms with Gasteiger partial charge in [0.2, 0.25) is 0 Å². The fraction of sp³-hybridized carbons (Fsp3) is 0.333. The summed E-state index contributed by atoms with van der Waals surface area (Å²) >= 11 is 9.34. The first-order valence-corrected chi connectivity index (χ1v) is 6.22. The zero-order valence-corrected chi connectivity index (χ0v) is 11.5. The van der Waals surface area contributed by atoms with Gasteiger partial charge in [0.25, 0.3) is 0 Å². The van der Waals surface area contributed by atoms with E-state index in [2.05, 4.69) is 27.3 Å². The molecule has 0 saturated heterocycles. The van der Waals surface area contributed by atoms with E-state index in [9.17, 15) is 0 Å². The Labute approximate surface area is 110 Å². The summed E-state index contributed by atoms with van der Waals surface area (Å²) in [5, 5.41) is 3.96. The Morgan fingerprint density at radius 1 is 1.50 bits per heavy atom. The summed E-state index contributed by atoms with van der Waals surface area (Å²) in [6.45, 7) is 2.43. The molecule has 0 amide bonds. The molecule has 0 heterocycles. The van der Waals surface area contributed by atoms with E-state index in [-0.39, 0.29) is 0 Å². The van der Waals surface area contributed by atoms with Crippen LogP contribution in [0.4, 0.5) is 0 Å². The van der Waals surface area contributed by atoms with Crippen molar-refractivity contribution in [2.45, 2.75) is 0 Å². The van der Waals surface area contributed by atoms with E-state index in [0.717, 1.165) is 34.8 Å². The predicted molar refractivity (Wildman–Crippen MR) is 72.9 cm³/mol. The Bertz CT molecular complexity index is 355. The van der Waals surface area contributed by atoms with Crippen LogP contribution in [0.15, 0.2) is 28.7 Å². The molecule has 2 nitrogen and oxygen atoms in total. The molecule has 0 aromatic heterocycles. The molecule has 0 aliphatic carbocycles. The van der Waals surface area contributed by atoms with Crippen molar-refractivity contribution in [3.05, 3.63) is 39.3 Å². The molecule has 0 aliphatic heterocycles. The van der Waals surface area contributed by atoms with Crippen LogP contribution in [0.3, 0.4) is 0 Å². The molecule has 4 heteroatoms. The molecule has 0 fully saturated rings. The molecule has 16 heavy (non-hydrogen) atoms. The van der Waals surface area contributed by atoms with Gasteiger partial charge < -0.3 is 10.1 Å². The lowest BCUT2D eigenvalue weighted by atomic mass is 10.2. The number of hydrogen-bond donors (Lipinski definition) is 1. The Balaban J connectivity index is 2.35. The summed E-state index contributed by atoms with van der Waals surface area (Å²) in [7, 11) is 1.70. The minimum atomic E-state index is 0.731. The first-order valence-electron chi connectivity index (χ1n) is 5.05. The summed E-state index contributed by atoms with van der Waals surface area (Å²) in [5.74, 6) is 0. The van der Waals surface area contributed by atoms with E-state index in [4.69, 9.17) is 16.3 Å². The van der Waals surface area contributed by atoms with Crippen molar-refractivity contribution >= 4 is 33.6 Å². The van der Waals surface area contributed by atoms with Crippen LogP contribution in [-0.2, 0) is 4.74 Å². The van der Waals surface area contributed by atoms with Gasteiger partial charge in [-0.2, -0.15) is 0 Å². The van der Waals surface area contributed by atoms with Crippen LogP contribution < -0.4 is 5.32 Å². The highest BCUT2D eigenvalue weighted by molar-refractivity contribution is 9.10. The molecular formula is C12H15BrClNO. The molecule has 1 rings (SSSR count). The second kappa shape index (κ2) is 7.85. The molecule has 1 N–H and O–H groups in total. The molecule has 88 valence electrons. The van der Waals surface area contributed by atoms with Crippen LogP contribution in [0.5, 0.6) is 0 Å². The molecule has 0 aliphatic rings. The van der Waals surface area contributed by atoms with Gasteiger partial charge in [-0.1, -0.05) is 29.8 Å². The van der Waals surface area contributed by atoms with Crippen LogP contribution in [-0.4, -0.2) is 26.8 Å². The minimum absolute atomic E-state index is 0.731. The van der Waals surface area contributed by atoms with Crippen molar-refractivity contribution in [1.29, 1.82) is 0 Å². The third-order valence-corrected chi connectivity index (χ3v) is 3.23. The van der Waals surface area contributed by atoms with E-state index in [0.29, 0.717) is 0 Å². The summed E-state index contributed by atoms with van der Waals surface area (Å²) in [5.41, 5.74) is 1.10. The lowest BCUT2D eigenvalue weighted by molar-refractivity contribution is 0.200. The Morgan fingerprint density at radius 3 is 3.00 bits per heavy atom. The van der Waals surface area contributed by atoms with E-state index in [1.165, 1.54) is 0 Å². The van der Waals surface area contributed by atoms with Gasteiger partial charge in [0.1, 0.15) is 0 Å². The largest absolute Gasteiger partial charge is 0.383 e. The number of methoxy groups -OCH3 is 1. The summed E-state index contributed by atoms with van der Waals surface area (Å²) in [4.78, 5) is 0. The fourth-order valence-corrected chi connectivity index (χ4v) is 1.61. The average Bonchev–Trinajstić information content (AvgIpc) is 2.28. The summed E-state index contributed by atoms with van der Waals surface area (Å²) in [6.07, 6.45) is 4.10. The van der Waals surface area contributed by atoms with Crippen molar-refractivity contribution in [3.63, 3.8) is 0 Å². The quantitative estimate of drug-likeness (QED) is 0.814. The standard InChI is InChI=1S/C12H15BrClNO/c1-16-8-7-15-6-2-3-10-4-5-11(13)12(14)9-10/h2-5,9,15H,6-8H2,1H3/b3-2+. The van der Waals surface area contributed by atoms with Gasteiger partial charge in [-0.15, -0.1) is 0 Å². The second-order valence-corrected chi connectivity index (χ2v) is 4.53. The van der Waals surface area contributed by atoms with Gasteiger partial charge in [0.05, 0.1) is 11.6 Å². The number of ether oxygens (including phenoxy) is 1. The van der Waals surface area contributed by atoms with Crippen LogP contribution >= 0.6 is 27.5 Å². The normalized spacial score (nSPS) is 11.2. The van der Waals surface area contributed by atoms with Gasteiger partial charge >= 0.3 is 0 Å². The fourth-order valence-electron chi connectivity index (χ4n) is 1.17. The van der Waals surface area contributed by atoms with Crippen molar-refractivity contribution in [3.8, 4) is 0 Å². The molecule has 0 bridgehead atoms. The highest BCUT2D eigenvalue weighted by atomic mass is 79.9. The molecule has 1 aromatic rings. The smallest absolute Gasteiger partial charge is 0.0587 e. The Hall–Kier alpha value is -0.350. The van der Waals surface area contributed by atoms with Gasteiger partial charge in [-0.3, -0.25) is 0 Å². The summed E-state index contributed by atoms with van der Waals surface area (Å²) in [6, 6.07) is 5.89. The van der Waals surface area contributed by atoms with Crippen molar-refractivity contribution < 1.29 is 4.74 Å². The van der Waals surface area contributed by atoms with Gasteiger partial charge in [0, 0.05) is 24.7 Å². The van der Waals surface area contributed by atoms with Crippen LogP contribution in [0.25, 0.3) is 6.08 Å². The van der Waals surface area contributed by atoms with E-state index in [1.807, 2.05) is 24.3 Å². The number of benzene rings is 1. The molecule has 0 unspecified atom stereocenters. The number of hydrogen-bond acceptors (Lipinski definition) is 2. The first-order chi connectivity index (χ1) is 7.74. The number of nitrogens with one attached hydrogen (secondary N) is 1. The van der Waals surface area contributed by atoms with Crippen LogP contribution in [0.1, 0.15) is 5.56 Å². The average molecular weight is 305 g/mol. The highest BCUT2D eigenvalue weighted by Gasteiger charge is 1.95. The third kappa shape index (κ3) is 5.12. The van der Waals surface area contributed by atoms with Crippen molar-refractivity contribution in [2.24, 2.45) is 0 Å². The van der Waals surface area contributed by atoms with Crippen LogP contribution in [0, 0.1) is 0 Å². The number of halogens is 2. The van der Waals surface area contributed by atoms with E-state index < -0.39 is 0 Å². The predicted octanol–water partition coefficient (Wildman–Crippen LogP) is 3.35. The third-order valence-electron chi connectivity index (χ3n) is 2.00. The molecule has 0 saturated carbocycles. The molecular weight excluding hydrogens is 289 g/mol. The molecule has 0 spiro atoms. The Kier molecular flexibility index (Phi) is 6.73. The Morgan fingerprint density at radius 2 is 2.31 bits per heavy atom. The highest BCUT2D eigenvalue weighted by Crippen LogP contribution is 2.23. The maximum Gasteiger partial charge on any atom is 0.0587 e. The topological polar surface area (TPSA) is 21.3 Å². The SMILES string of the molecule is COCCNC/C=C/c1ccc(Br)c(Cl)c1.